The number of nitrogens with one attached hydrogen (secondary N) is 2. The highest BCUT2D eigenvalue weighted by atomic mass is 32.2. The quantitative estimate of drug-likeness (QED) is 0.479. The Labute approximate surface area is 205 Å². The smallest absolute Gasteiger partial charge is 0.326 e. The van der Waals surface area contributed by atoms with Gasteiger partial charge in [0, 0.05) is 25.4 Å². The van der Waals surface area contributed by atoms with Crippen LogP contribution in [-0.2, 0) is 30.8 Å². The first-order valence-corrected chi connectivity index (χ1v) is 13.0. The number of nitrogens with zero attached hydrogens (tertiary/aromatic N) is 1. The zero-order valence-electron chi connectivity index (χ0n) is 19.8. The van der Waals surface area contributed by atoms with Crippen molar-refractivity contribution >= 4 is 27.8 Å². The van der Waals surface area contributed by atoms with E-state index in [1.807, 2.05) is 25.1 Å². The molecule has 2 aromatic rings. The van der Waals surface area contributed by atoms with Gasteiger partial charge in [-0.25, -0.2) is 13.2 Å². The maximum atomic E-state index is 12.8. The molecule has 1 saturated heterocycles. The first-order valence-electron chi connectivity index (χ1n) is 11.5. The number of piperidine rings is 1. The maximum Gasteiger partial charge on any atom is 0.326 e. The Bertz CT molecular complexity index is 1140. The molecule has 0 bridgehead atoms. The Hall–Kier alpha value is -3.24. The van der Waals surface area contributed by atoms with Gasteiger partial charge in [-0.3, -0.25) is 9.59 Å². The van der Waals surface area contributed by atoms with E-state index < -0.39 is 34.0 Å². The monoisotopic (exact) mass is 501 g/mol. The largest absolute Gasteiger partial charge is 0.480 e. The third-order valence-electron chi connectivity index (χ3n) is 6.11. The van der Waals surface area contributed by atoms with E-state index >= 15 is 0 Å². The number of carbonyl (C=O) groups excluding carboxylic acids is 2. The molecule has 0 spiro atoms. The van der Waals surface area contributed by atoms with Crippen LogP contribution in [-0.4, -0.2) is 61.4 Å². The first kappa shape index (κ1) is 26.4. The predicted molar refractivity (Wildman–Crippen MR) is 130 cm³/mol. The van der Waals surface area contributed by atoms with Gasteiger partial charge in [-0.2, -0.15) is 4.72 Å². The summed E-state index contributed by atoms with van der Waals surface area (Å²) in [6, 6.07) is 13.4. The number of aryl methyl sites for hydroxylation is 1. The average molecular weight is 502 g/mol. The molecule has 1 fully saturated rings. The summed E-state index contributed by atoms with van der Waals surface area (Å²) in [6.45, 7) is 3.91. The summed E-state index contributed by atoms with van der Waals surface area (Å²) in [5, 5.41) is 12.1. The fraction of sp³-hybridized carbons (Fsp3) is 0.400. The van der Waals surface area contributed by atoms with Crippen LogP contribution in [0, 0.1) is 12.8 Å². The summed E-state index contributed by atoms with van der Waals surface area (Å²) < 4.78 is 27.6. The molecule has 2 atom stereocenters. The lowest BCUT2D eigenvalue weighted by atomic mass is 9.94. The molecule has 3 N–H and O–H groups in total. The van der Waals surface area contributed by atoms with E-state index in [9.17, 15) is 27.9 Å². The second kappa shape index (κ2) is 11.5. The molecule has 2 amide bonds. The number of rotatable bonds is 9. The third kappa shape index (κ3) is 7.12. The van der Waals surface area contributed by atoms with Crippen molar-refractivity contribution in [2.75, 3.05) is 13.1 Å². The summed E-state index contributed by atoms with van der Waals surface area (Å²) in [7, 11) is -3.85. The molecule has 0 unspecified atom stereocenters. The lowest BCUT2D eigenvalue weighted by Crippen LogP contribution is -2.51. The van der Waals surface area contributed by atoms with Crippen molar-refractivity contribution in [1.29, 1.82) is 0 Å². The standard InChI is InChI=1S/C25H31N3O6S/c1-17-8-10-21(11-9-17)35(33,34)27-18(2)24(30)28-14-12-20(13-15-28)23(29)26-22(25(31)32)16-19-6-4-3-5-7-19/h3-11,18,20,22,27H,12-16H2,1-2H3,(H,26,29)(H,31,32)/t18-,22-/m0/s1. The topological polar surface area (TPSA) is 133 Å². The Balaban J connectivity index is 1.52. The highest BCUT2D eigenvalue weighted by Crippen LogP contribution is 2.19. The van der Waals surface area contributed by atoms with Gasteiger partial charge in [-0.05, 0) is 44.4 Å². The molecule has 0 aromatic heterocycles. The number of hydrogen-bond acceptors (Lipinski definition) is 5. The molecule has 0 aliphatic carbocycles. The van der Waals surface area contributed by atoms with Gasteiger partial charge < -0.3 is 15.3 Å². The summed E-state index contributed by atoms with van der Waals surface area (Å²) >= 11 is 0. The highest BCUT2D eigenvalue weighted by molar-refractivity contribution is 7.89. The summed E-state index contributed by atoms with van der Waals surface area (Å²) in [6.07, 6.45) is 0.914. The summed E-state index contributed by atoms with van der Waals surface area (Å²) in [4.78, 5) is 38.8. The van der Waals surface area contributed by atoms with Crippen LogP contribution in [0.15, 0.2) is 59.5 Å². The Morgan fingerprint density at radius 2 is 1.63 bits per heavy atom. The van der Waals surface area contributed by atoms with Crippen molar-refractivity contribution < 1.29 is 27.9 Å². The number of hydrogen-bond donors (Lipinski definition) is 3. The van der Waals surface area contributed by atoms with Crippen LogP contribution >= 0.6 is 0 Å². The molecule has 1 aliphatic rings. The maximum absolute atomic E-state index is 12.8. The van der Waals surface area contributed by atoms with Gasteiger partial charge in [0.1, 0.15) is 6.04 Å². The minimum Gasteiger partial charge on any atom is -0.480 e. The van der Waals surface area contributed by atoms with Crippen molar-refractivity contribution in [2.24, 2.45) is 5.92 Å². The Kier molecular flexibility index (Phi) is 8.63. The number of carboxylic acid groups (broad SMARTS) is 1. The molecule has 2 aromatic carbocycles. The lowest BCUT2D eigenvalue weighted by Gasteiger charge is -2.33. The SMILES string of the molecule is Cc1ccc(S(=O)(=O)N[C@@H](C)C(=O)N2CCC(C(=O)N[C@@H](Cc3ccccc3)C(=O)O)CC2)cc1. The van der Waals surface area contributed by atoms with Crippen molar-refractivity contribution in [2.45, 2.75) is 50.1 Å². The molecule has 1 aliphatic heterocycles. The zero-order valence-corrected chi connectivity index (χ0v) is 20.6. The fourth-order valence-corrected chi connectivity index (χ4v) is 5.24. The number of sulfonamides is 1. The average Bonchev–Trinajstić information content (AvgIpc) is 2.83. The zero-order chi connectivity index (χ0) is 25.6. The second-order valence-electron chi connectivity index (χ2n) is 8.84. The van der Waals surface area contributed by atoms with E-state index in [-0.39, 0.29) is 36.2 Å². The molecular weight excluding hydrogens is 470 g/mol. The van der Waals surface area contributed by atoms with Crippen LogP contribution in [0.2, 0.25) is 0 Å². The first-order chi connectivity index (χ1) is 16.6. The van der Waals surface area contributed by atoms with Crippen molar-refractivity contribution in [3.8, 4) is 0 Å². The lowest BCUT2D eigenvalue weighted by molar-refractivity contribution is -0.143. The third-order valence-corrected chi connectivity index (χ3v) is 7.66. The highest BCUT2D eigenvalue weighted by Gasteiger charge is 2.32. The molecule has 3 rings (SSSR count). The van der Waals surface area contributed by atoms with Crippen LogP contribution in [0.25, 0.3) is 0 Å². The van der Waals surface area contributed by atoms with Gasteiger partial charge >= 0.3 is 5.97 Å². The molecule has 0 radical (unpaired) electrons. The Morgan fingerprint density at radius 3 is 2.20 bits per heavy atom. The molecule has 35 heavy (non-hydrogen) atoms. The van der Waals surface area contributed by atoms with Gasteiger partial charge in [0.25, 0.3) is 0 Å². The normalized spacial score (nSPS) is 16.3. The summed E-state index contributed by atoms with van der Waals surface area (Å²) in [5.41, 5.74) is 1.73. The van der Waals surface area contributed by atoms with Crippen LogP contribution < -0.4 is 10.0 Å². The molecule has 188 valence electrons. The van der Waals surface area contributed by atoms with E-state index in [0.717, 1.165) is 11.1 Å². The Morgan fingerprint density at radius 1 is 1.03 bits per heavy atom. The second-order valence-corrected chi connectivity index (χ2v) is 10.6. The molecule has 9 nitrogen and oxygen atoms in total. The minimum absolute atomic E-state index is 0.0848. The number of likely N-dealkylation sites (tertiary alicyclic amines) is 1. The van der Waals surface area contributed by atoms with E-state index in [1.54, 1.807) is 24.3 Å². The summed E-state index contributed by atoms with van der Waals surface area (Å²) in [5.74, 6) is -2.25. The molecule has 10 heteroatoms. The van der Waals surface area contributed by atoms with Gasteiger partial charge in [0.05, 0.1) is 10.9 Å². The molecule has 1 heterocycles. The predicted octanol–water partition coefficient (Wildman–Crippen LogP) is 1.71. The number of amides is 2. The van der Waals surface area contributed by atoms with Crippen molar-refractivity contribution in [1.82, 2.24) is 14.9 Å². The van der Waals surface area contributed by atoms with Gasteiger partial charge in [-0.1, -0.05) is 48.0 Å². The van der Waals surface area contributed by atoms with E-state index in [1.165, 1.54) is 24.0 Å². The van der Waals surface area contributed by atoms with E-state index in [4.69, 9.17) is 0 Å². The number of carbonyl (C=O) groups is 3. The van der Waals surface area contributed by atoms with E-state index in [0.29, 0.717) is 12.8 Å². The van der Waals surface area contributed by atoms with Gasteiger partial charge in [-0.15, -0.1) is 0 Å². The number of benzene rings is 2. The van der Waals surface area contributed by atoms with Crippen LogP contribution in [0.1, 0.15) is 30.9 Å². The van der Waals surface area contributed by atoms with Crippen LogP contribution in [0.5, 0.6) is 0 Å². The number of carboxylic acids is 1. The van der Waals surface area contributed by atoms with E-state index in [2.05, 4.69) is 10.0 Å². The fourth-order valence-electron chi connectivity index (χ4n) is 4.04. The minimum atomic E-state index is -3.85. The van der Waals surface area contributed by atoms with Crippen molar-refractivity contribution in [3.63, 3.8) is 0 Å². The molecular formula is C25H31N3O6S. The van der Waals surface area contributed by atoms with Gasteiger partial charge in [0.15, 0.2) is 0 Å². The van der Waals surface area contributed by atoms with Gasteiger partial charge in [0.2, 0.25) is 21.8 Å². The molecule has 0 saturated carbocycles. The van der Waals surface area contributed by atoms with Crippen LogP contribution in [0.4, 0.5) is 0 Å². The van der Waals surface area contributed by atoms with Crippen LogP contribution in [0.3, 0.4) is 0 Å². The van der Waals surface area contributed by atoms with Crippen molar-refractivity contribution in [3.05, 3.63) is 65.7 Å². The number of aliphatic carboxylic acids is 1.